The summed E-state index contributed by atoms with van der Waals surface area (Å²) in [5, 5.41) is 0.874. The van der Waals surface area contributed by atoms with Gasteiger partial charge in [0.05, 0.1) is 23.1 Å². The van der Waals surface area contributed by atoms with Gasteiger partial charge in [0.25, 0.3) is 0 Å². The van der Waals surface area contributed by atoms with Crippen LogP contribution in [0, 0.1) is 0 Å². The number of benzene rings is 1. The number of sulfone groups is 1. The maximum absolute atomic E-state index is 13.0. The summed E-state index contributed by atoms with van der Waals surface area (Å²) >= 11 is 0. The SMILES string of the molecule is COC(=O)c1cc2c(cc1C(F)(F)F)C(C)=CS2(=O)=O. The minimum atomic E-state index is -4.79. The number of hydrogen-bond donors (Lipinski definition) is 0. The first kappa shape index (κ1) is 14.6. The molecule has 108 valence electrons. The van der Waals surface area contributed by atoms with Gasteiger partial charge in [0.2, 0.25) is 9.84 Å². The fourth-order valence-electron chi connectivity index (χ4n) is 2.00. The Bertz CT molecular complexity index is 730. The number of ether oxygens (including phenoxy) is 1. The number of esters is 1. The lowest BCUT2D eigenvalue weighted by molar-refractivity contribution is -0.138. The molecule has 0 N–H and O–H groups in total. The second-order valence-corrected chi connectivity index (χ2v) is 5.99. The van der Waals surface area contributed by atoms with Crippen LogP contribution >= 0.6 is 0 Å². The van der Waals surface area contributed by atoms with Crippen LogP contribution in [0.2, 0.25) is 0 Å². The van der Waals surface area contributed by atoms with Crippen LogP contribution in [0.1, 0.15) is 28.4 Å². The molecule has 1 aromatic carbocycles. The lowest BCUT2D eigenvalue weighted by atomic mass is 10.00. The average Bonchev–Trinajstić information content (AvgIpc) is 2.56. The summed E-state index contributed by atoms with van der Waals surface area (Å²) < 4.78 is 66.7. The highest BCUT2D eigenvalue weighted by atomic mass is 32.2. The van der Waals surface area contributed by atoms with Crippen LogP contribution in [0.5, 0.6) is 0 Å². The van der Waals surface area contributed by atoms with Gasteiger partial charge in [-0.05, 0) is 30.2 Å². The van der Waals surface area contributed by atoms with E-state index in [1.165, 1.54) is 6.92 Å². The monoisotopic (exact) mass is 306 g/mol. The molecule has 0 saturated carbocycles. The van der Waals surface area contributed by atoms with E-state index in [-0.39, 0.29) is 16.0 Å². The molecule has 0 radical (unpaired) electrons. The summed E-state index contributed by atoms with van der Waals surface area (Å²) in [6, 6.07) is 1.38. The molecule has 0 bridgehead atoms. The molecular formula is C12H9F3O4S. The smallest absolute Gasteiger partial charge is 0.417 e. The van der Waals surface area contributed by atoms with Crippen LogP contribution in [0.15, 0.2) is 22.4 Å². The van der Waals surface area contributed by atoms with Crippen LogP contribution in [0.25, 0.3) is 5.57 Å². The Labute approximate surface area is 112 Å². The molecule has 0 atom stereocenters. The summed E-state index contributed by atoms with van der Waals surface area (Å²) in [4.78, 5) is 11.1. The Morgan fingerprint density at radius 2 is 1.85 bits per heavy atom. The van der Waals surface area contributed by atoms with Gasteiger partial charge in [-0.2, -0.15) is 13.2 Å². The van der Waals surface area contributed by atoms with Crippen LogP contribution in [-0.2, 0) is 20.8 Å². The molecule has 0 amide bonds. The minimum absolute atomic E-state index is 0.0509. The third-order valence-corrected chi connectivity index (χ3v) is 4.51. The molecule has 0 saturated heterocycles. The fourth-order valence-corrected chi connectivity index (χ4v) is 3.52. The zero-order valence-electron chi connectivity index (χ0n) is 10.4. The average molecular weight is 306 g/mol. The molecule has 0 fully saturated rings. The molecule has 4 nitrogen and oxygen atoms in total. The van der Waals surface area contributed by atoms with E-state index in [9.17, 15) is 26.4 Å². The largest absolute Gasteiger partial charge is 0.465 e. The lowest BCUT2D eigenvalue weighted by Crippen LogP contribution is -2.15. The second kappa shape index (κ2) is 4.34. The Morgan fingerprint density at radius 1 is 1.25 bits per heavy atom. The van der Waals surface area contributed by atoms with Crippen molar-refractivity contribution >= 4 is 21.4 Å². The first-order valence-electron chi connectivity index (χ1n) is 5.35. The Morgan fingerprint density at radius 3 is 2.35 bits per heavy atom. The minimum Gasteiger partial charge on any atom is -0.465 e. The molecular weight excluding hydrogens is 297 g/mol. The highest BCUT2D eigenvalue weighted by Crippen LogP contribution is 2.40. The molecule has 1 heterocycles. The summed E-state index contributed by atoms with van der Waals surface area (Å²) in [7, 11) is -2.89. The number of fused-ring (bicyclic) bond motifs is 1. The van der Waals surface area contributed by atoms with Crippen molar-refractivity contribution in [2.45, 2.75) is 18.0 Å². The number of allylic oxidation sites excluding steroid dienone is 1. The van der Waals surface area contributed by atoms with Crippen molar-refractivity contribution in [2.75, 3.05) is 7.11 Å². The van der Waals surface area contributed by atoms with Crippen molar-refractivity contribution in [3.8, 4) is 0 Å². The third kappa shape index (κ3) is 2.20. The fraction of sp³-hybridized carbons (Fsp3) is 0.250. The lowest BCUT2D eigenvalue weighted by Gasteiger charge is -2.14. The molecule has 1 aromatic rings. The van der Waals surface area contributed by atoms with Gasteiger partial charge in [0, 0.05) is 5.41 Å². The number of methoxy groups -OCH3 is 1. The first-order valence-corrected chi connectivity index (χ1v) is 6.90. The molecule has 0 aromatic heterocycles. The van der Waals surface area contributed by atoms with Gasteiger partial charge in [-0.25, -0.2) is 13.2 Å². The zero-order valence-corrected chi connectivity index (χ0v) is 11.2. The maximum atomic E-state index is 13.0. The summed E-state index contributed by atoms with van der Waals surface area (Å²) in [5.41, 5.74) is -1.88. The van der Waals surface area contributed by atoms with Crippen molar-refractivity contribution in [3.63, 3.8) is 0 Å². The molecule has 0 aliphatic carbocycles. The number of rotatable bonds is 1. The van der Waals surface area contributed by atoms with E-state index in [2.05, 4.69) is 4.74 Å². The van der Waals surface area contributed by atoms with Gasteiger partial charge in [0.1, 0.15) is 0 Å². The van der Waals surface area contributed by atoms with Crippen LogP contribution in [0.4, 0.5) is 13.2 Å². The van der Waals surface area contributed by atoms with Gasteiger partial charge in [-0.15, -0.1) is 0 Å². The van der Waals surface area contributed by atoms with Gasteiger partial charge < -0.3 is 4.74 Å². The quantitative estimate of drug-likeness (QED) is 0.748. The van der Waals surface area contributed by atoms with Gasteiger partial charge in [-0.1, -0.05) is 0 Å². The highest BCUT2D eigenvalue weighted by Gasteiger charge is 2.39. The predicted molar refractivity (Wildman–Crippen MR) is 63.6 cm³/mol. The van der Waals surface area contributed by atoms with E-state index in [1.54, 1.807) is 0 Å². The number of halogens is 3. The van der Waals surface area contributed by atoms with E-state index in [4.69, 9.17) is 0 Å². The molecule has 20 heavy (non-hydrogen) atoms. The normalized spacial score (nSPS) is 16.6. The standard InChI is InChI=1S/C12H9F3O4S/c1-6-5-20(17,18)10-4-8(11(16)19-2)9(3-7(6)10)12(13,14)15/h3-5H,1-2H3. The molecule has 1 aliphatic heterocycles. The van der Waals surface area contributed by atoms with E-state index in [0.717, 1.165) is 12.5 Å². The van der Waals surface area contributed by atoms with E-state index >= 15 is 0 Å². The molecule has 0 unspecified atom stereocenters. The van der Waals surface area contributed by atoms with Crippen molar-refractivity contribution in [1.82, 2.24) is 0 Å². The highest BCUT2D eigenvalue weighted by molar-refractivity contribution is 7.95. The van der Waals surface area contributed by atoms with Gasteiger partial charge >= 0.3 is 12.1 Å². The summed E-state index contributed by atoms with van der Waals surface area (Å²) in [6.45, 7) is 1.39. The summed E-state index contributed by atoms with van der Waals surface area (Å²) in [6.07, 6.45) is -4.79. The van der Waals surface area contributed by atoms with Crippen LogP contribution in [-0.4, -0.2) is 21.5 Å². The van der Waals surface area contributed by atoms with Crippen molar-refractivity contribution in [3.05, 3.63) is 34.2 Å². The van der Waals surface area contributed by atoms with E-state index in [0.29, 0.717) is 12.1 Å². The number of alkyl halides is 3. The molecule has 0 spiro atoms. The number of hydrogen-bond acceptors (Lipinski definition) is 4. The van der Waals surface area contributed by atoms with Crippen molar-refractivity contribution in [2.24, 2.45) is 0 Å². The van der Waals surface area contributed by atoms with Crippen LogP contribution < -0.4 is 0 Å². The van der Waals surface area contributed by atoms with E-state index < -0.39 is 33.1 Å². The Kier molecular flexibility index (Phi) is 3.16. The van der Waals surface area contributed by atoms with Gasteiger partial charge in [0.15, 0.2) is 0 Å². The maximum Gasteiger partial charge on any atom is 0.417 e. The Hall–Kier alpha value is -1.83. The molecule has 2 rings (SSSR count). The molecule has 8 heteroatoms. The van der Waals surface area contributed by atoms with Crippen molar-refractivity contribution < 1.29 is 31.1 Å². The number of carbonyl (C=O) groups excluding carboxylic acids is 1. The summed E-state index contributed by atoms with van der Waals surface area (Å²) in [5.74, 6) is -1.24. The van der Waals surface area contributed by atoms with E-state index in [1.807, 2.05) is 0 Å². The third-order valence-electron chi connectivity index (χ3n) is 2.89. The number of carbonyl (C=O) groups is 1. The van der Waals surface area contributed by atoms with Crippen molar-refractivity contribution in [1.29, 1.82) is 0 Å². The molecule has 1 aliphatic rings. The van der Waals surface area contributed by atoms with Gasteiger partial charge in [-0.3, -0.25) is 0 Å². The topological polar surface area (TPSA) is 60.4 Å². The Balaban J connectivity index is 2.82. The zero-order chi connectivity index (χ0) is 15.3. The van der Waals surface area contributed by atoms with Crippen LogP contribution in [0.3, 0.4) is 0 Å². The predicted octanol–water partition coefficient (Wildman–Crippen LogP) is 2.64. The first-order chi connectivity index (χ1) is 9.08. The second-order valence-electron chi connectivity index (χ2n) is 4.23.